The van der Waals surface area contributed by atoms with E-state index < -0.39 is 0 Å². The zero-order valence-electron chi connectivity index (χ0n) is 10.8. The summed E-state index contributed by atoms with van der Waals surface area (Å²) in [7, 11) is 0. The van der Waals surface area contributed by atoms with Gasteiger partial charge >= 0.3 is 0 Å². The highest BCUT2D eigenvalue weighted by Gasteiger charge is 2.17. The van der Waals surface area contributed by atoms with E-state index in [1.807, 2.05) is 24.3 Å². The van der Waals surface area contributed by atoms with E-state index in [4.69, 9.17) is 5.73 Å². The smallest absolute Gasteiger partial charge is 0.231 e. The quantitative estimate of drug-likeness (QED) is 0.916. The highest BCUT2D eigenvalue weighted by Crippen LogP contribution is 2.28. The molecule has 3 rings (SSSR count). The fourth-order valence-electron chi connectivity index (χ4n) is 2.07. The van der Waals surface area contributed by atoms with E-state index in [1.165, 1.54) is 24.6 Å². The van der Waals surface area contributed by atoms with Crippen LogP contribution in [0.25, 0.3) is 0 Å². The fraction of sp³-hybridized carbons (Fsp3) is 0.308. The van der Waals surface area contributed by atoms with Gasteiger partial charge in [0.25, 0.3) is 0 Å². The van der Waals surface area contributed by atoms with E-state index in [9.17, 15) is 0 Å². The number of nitrogens with zero attached hydrogens (tertiary/aromatic N) is 4. The summed E-state index contributed by atoms with van der Waals surface area (Å²) in [4.78, 5) is 16.2. The largest absolute Gasteiger partial charge is 0.368 e. The molecule has 2 N–H and O–H groups in total. The Hall–Kier alpha value is -1.34. The summed E-state index contributed by atoms with van der Waals surface area (Å²) in [5, 5.41) is 0.640. The molecule has 7 heteroatoms. The van der Waals surface area contributed by atoms with Gasteiger partial charge in [-0.3, -0.25) is 0 Å². The normalized spacial score (nSPS) is 14.8. The third-order valence-electron chi connectivity index (χ3n) is 3.03. The summed E-state index contributed by atoms with van der Waals surface area (Å²) >= 11 is 4.92. The molecule has 5 nitrogen and oxygen atoms in total. The summed E-state index contributed by atoms with van der Waals surface area (Å²) in [5.74, 6) is 0.969. The summed E-state index contributed by atoms with van der Waals surface area (Å²) in [6.07, 6.45) is 2.36. The molecule has 0 atom stereocenters. The Morgan fingerprint density at radius 2 is 1.75 bits per heavy atom. The van der Waals surface area contributed by atoms with Crippen LogP contribution in [0.2, 0.25) is 0 Å². The van der Waals surface area contributed by atoms with Crippen LogP contribution in [0.3, 0.4) is 0 Å². The highest BCUT2D eigenvalue weighted by molar-refractivity contribution is 9.10. The maximum Gasteiger partial charge on any atom is 0.231 e. The molecule has 20 heavy (non-hydrogen) atoms. The number of benzene rings is 1. The number of nitrogens with two attached hydrogens (primary N) is 1. The molecule has 0 saturated carbocycles. The minimum Gasteiger partial charge on any atom is -0.368 e. The Bertz CT molecular complexity index is 598. The second-order valence-corrected chi connectivity index (χ2v) is 6.48. The van der Waals surface area contributed by atoms with Gasteiger partial charge in [0.1, 0.15) is 0 Å². The van der Waals surface area contributed by atoms with Crippen molar-refractivity contribution < 1.29 is 0 Å². The lowest BCUT2D eigenvalue weighted by molar-refractivity contribution is 0.834. The first kappa shape index (κ1) is 13.6. The molecule has 0 spiro atoms. The van der Waals surface area contributed by atoms with Crippen molar-refractivity contribution in [2.75, 3.05) is 23.7 Å². The van der Waals surface area contributed by atoms with Crippen LogP contribution in [-0.4, -0.2) is 28.0 Å². The maximum atomic E-state index is 5.80. The van der Waals surface area contributed by atoms with Crippen molar-refractivity contribution in [3.63, 3.8) is 0 Å². The zero-order valence-corrected chi connectivity index (χ0v) is 13.2. The molecule has 0 unspecified atom stereocenters. The van der Waals surface area contributed by atoms with Gasteiger partial charge in [0.2, 0.25) is 11.9 Å². The third-order valence-corrected chi connectivity index (χ3v) is 4.43. The third kappa shape index (κ3) is 3.21. The lowest BCUT2D eigenvalue weighted by Crippen LogP contribution is -2.21. The zero-order chi connectivity index (χ0) is 13.9. The van der Waals surface area contributed by atoms with Gasteiger partial charge in [-0.2, -0.15) is 15.0 Å². The lowest BCUT2D eigenvalue weighted by Gasteiger charge is -2.15. The Morgan fingerprint density at radius 1 is 1.05 bits per heavy atom. The molecule has 1 aliphatic rings. The minimum atomic E-state index is 0.279. The van der Waals surface area contributed by atoms with E-state index in [1.54, 1.807) is 0 Å². The van der Waals surface area contributed by atoms with Gasteiger partial charge in [0.05, 0.1) is 0 Å². The number of anilines is 2. The molecule has 0 aliphatic carbocycles. The van der Waals surface area contributed by atoms with Crippen molar-refractivity contribution >= 4 is 39.6 Å². The van der Waals surface area contributed by atoms with E-state index in [0.717, 1.165) is 22.5 Å². The van der Waals surface area contributed by atoms with E-state index in [2.05, 4.69) is 35.8 Å². The summed E-state index contributed by atoms with van der Waals surface area (Å²) in [5.41, 5.74) is 5.80. The van der Waals surface area contributed by atoms with Crippen molar-refractivity contribution in [3.8, 4) is 0 Å². The lowest BCUT2D eigenvalue weighted by atomic mass is 10.4. The Kier molecular flexibility index (Phi) is 4.07. The van der Waals surface area contributed by atoms with Crippen LogP contribution in [0.4, 0.5) is 11.9 Å². The predicted octanol–water partition coefficient (Wildman–Crippen LogP) is 2.97. The van der Waals surface area contributed by atoms with Gasteiger partial charge in [-0.1, -0.05) is 15.9 Å². The van der Waals surface area contributed by atoms with Crippen LogP contribution in [0.1, 0.15) is 12.8 Å². The van der Waals surface area contributed by atoms with Gasteiger partial charge in [-0.05, 0) is 48.9 Å². The van der Waals surface area contributed by atoms with Crippen molar-refractivity contribution in [1.82, 2.24) is 15.0 Å². The predicted molar refractivity (Wildman–Crippen MR) is 84.0 cm³/mol. The molecule has 1 fully saturated rings. The number of rotatable bonds is 3. The van der Waals surface area contributed by atoms with Crippen molar-refractivity contribution in [1.29, 1.82) is 0 Å². The van der Waals surface area contributed by atoms with Gasteiger partial charge in [0, 0.05) is 22.5 Å². The Labute approximate surface area is 130 Å². The number of nitrogen functional groups attached to an aromatic ring is 1. The van der Waals surface area contributed by atoms with E-state index >= 15 is 0 Å². The van der Waals surface area contributed by atoms with Gasteiger partial charge in [-0.15, -0.1) is 0 Å². The number of hydrogen-bond acceptors (Lipinski definition) is 6. The second kappa shape index (κ2) is 5.97. The van der Waals surface area contributed by atoms with E-state index in [0.29, 0.717) is 11.1 Å². The van der Waals surface area contributed by atoms with Crippen LogP contribution in [-0.2, 0) is 0 Å². The molecule has 0 amide bonds. The number of aromatic nitrogens is 3. The number of hydrogen-bond donors (Lipinski definition) is 1. The molecule has 0 radical (unpaired) electrons. The van der Waals surface area contributed by atoms with Gasteiger partial charge in [0.15, 0.2) is 5.16 Å². The summed E-state index contributed by atoms with van der Waals surface area (Å²) in [6, 6.07) is 8.02. The number of halogens is 1. The molecule has 104 valence electrons. The first-order chi connectivity index (χ1) is 9.70. The molecular formula is C13H14BrN5S. The highest BCUT2D eigenvalue weighted by atomic mass is 79.9. The van der Waals surface area contributed by atoms with Crippen LogP contribution in [0, 0.1) is 0 Å². The maximum absolute atomic E-state index is 5.80. The monoisotopic (exact) mass is 351 g/mol. The van der Waals surface area contributed by atoms with Gasteiger partial charge in [-0.25, -0.2) is 0 Å². The SMILES string of the molecule is Nc1nc(Sc2ccc(Br)cc2)nc(N2CCCC2)n1. The molecular weight excluding hydrogens is 338 g/mol. The molecule has 2 aromatic rings. The Balaban J connectivity index is 1.83. The Morgan fingerprint density at radius 3 is 2.45 bits per heavy atom. The van der Waals surface area contributed by atoms with Crippen LogP contribution < -0.4 is 10.6 Å². The topological polar surface area (TPSA) is 67.9 Å². The average molecular weight is 352 g/mol. The first-order valence-corrected chi connectivity index (χ1v) is 8.01. The van der Waals surface area contributed by atoms with Crippen LogP contribution in [0.15, 0.2) is 38.8 Å². The standard InChI is InChI=1S/C13H14BrN5S/c14-9-3-5-10(6-4-9)20-13-17-11(15)16-12(18-13)19-7-1-2-8-19/h3-6H,1-2,7-8H2,(H2,15,16,17,18). The minimum absolute atomic E-state index is 0.279. The molecule has 1 aromatic carbocycles. The van der Waals surface area contributed by atoms with E-state index in [-0.39, 0.29) is 5.95 Å². The fourth-order valence-corrected chi connectivity index (χ4v) is 3.09. The molecule has 1 saturated heterocycles. The van der Waals surface area contributed by atoms with Crippen molar-refractivity contribution in [3.05, 3.63) is 28.7 Å². The average Bonchev–Trinajstić information content (AvgIpc) is 2.95. The molecule has 1 aliphatic heterocycles. The summed E-state index contributed by atoms with van der Waals surface area (Å²) < 4.78 is 1.05. The van der Waals surface area contributed by atoms with Crippen LogP contribution in [0.5, 0.6) is 0 Å². The molecule has 2 heterocycles. The van der Waals surface area contributed by atoms with Crippen molar-refractivity contribution in [2.24, 2.45) is 0 Å². The summed E-state index contributed by atoms with van der Waals surface area (Å²) in [6.45, 7) is 1.98. The van der Waals surface area contributed by atoms with Crippen LogP contribution >= 0.6 is 27.7 Å². The molecule has 0 bridgehead atoms. The van der Waals surface area contributed by atoms with Gasteiger partial charge < -0.3 is 10.6 Å². The van der Waals surface area contributed by atoms with Crippen molar-refractivity contribution in [2.45, 2.75) is 22.9 Å². The molecule has 1 aromatic heterocycles. The second-order valence-electron chi connectivity index (χ2n) is 4.53. The first-order valence-electron chi connectivity index (χ1n) is 6.40.